The van der Waals surface area contributed by atoms with E-state index < -0.39 is 12.7 Å². The third kappa shape index (κ3) is 2.99. The monoisotopic (exact) mass is 312 g/mol. The van der Waals surface area contributed by atoms with Gasteiger partial charge in [-0.3, -0.25) is 0 Å². The molecule has 0 saturated carbocycles. The van der Waals surface area contributed by atoms with E-state index in [2.05, 4.69) is 9.97 Å². The van der Waals surface area contributed by atoms with Crippen LogP contribution in [0.1, 0.15) is 11.5 Å². The number of rotatable bonds is 3. The van der Waals surface area contributed by atoms with Crippen molar-refractivity contribution < 1.29 is 13.2 Å². The summed E-state index contributed by atoms with van der Waals surface area (Å²) in [4.78, 5) is 8.36. The lowest BCUT2D eigenvalue weighted by Gasteiger charge is -2.11. The Morgan fingerprint density at radius 3 is 2.62 bits per heavy atom. The van der Waals surface area contributed by atoms with Crippen LogP contribution in [0.3, 0.4) is 0 Å². The summed E-state index contributed by atoms with van der Waals surface area (Å²) in [5.74, 6) is 0.332. The molecule has 0 bridgehead atoms. The molecule has 0 unspecified atom stereocenters. The minimum absolute atomic E-state index is 0.221. The van der Waals surface area contributed by atoms with E-state index in [4.69, 9.17) is 5.73 Å². The van der Waals surface area contributed by atoms with Gasteiger partial charge in [-0.1, -0.05) is 12.1 Å². The average Bonchev–Trinajstić information content (AvgIpc) is 2.94. The number of aromatic nitrogens is 3. The minimum atomic E-state index is -4.31. The van der Waals surface area contributed by atoms with Gasteiger partial charge in [-0.05, 0) is 12.1 Å². The van der Waals surface area contributed by atoms with Crippen molar-refractivity contribution in [2.24, 2.45) is 0 Å². The van der Waals surface area contributed by atoms with E-state index in [0.717, 1.165) is 0 Å². The molecule has 0 saturated heterocycles. The van der Waals surface area contributed by atoms with Gasteiger partial charge in [-0.15, -0.1) is 11.3 Å². The first-order valence-electron chi connectivity index (χ1n) is 6.13. The van der Waals surface area contributed by atoms with Crippen LogP contribution in [0.4, 0.5) is 18.3 Å². The number of anilines is 1. The molecule has 0 aliphatic carbocycles. The highest BCUT2D eigenvalue weighted by Gasteiger charge is 2.30. The van der Waals surface area contributed by atoms with Crippen molar-refractivity contribution in [3.05, 3.63) is 41.2 Å². The van der Waals surface area contributed by atoms with E-state index >= 15 is 0 Å². The number of para-hydroxylation sites is 2. The highest BCUT2D eigenvalue weighted by Crippen LogP contribution is 2.25. The van der Waals surface area contributed by atoms with Gasteiger partial charge in [0, 0.05) is 11.8 Å². The SMILES string of the molecule is Nc1nc(Cc2nc3ccccc3n2CC(F)(F)F)cs1. The molecule has 4 nitrogen and oxygen atoms in total. The zero-order valence-electron chi connectivity index (χ0n) is 10.8. The number of hydrogen-bond donors (Lipinski definition) is 1. The predicted octanol–water partition coefficient (Wildman–Crippen LogP) is 3.23. The average molecular weight is 312 g/mol. The number of imidazole rings is 1. The minimum Gasteiger partial charge on any atom is -0.375 e. The second-order valence-corrected chi connectivity index (χ2v) is 5.46. The molecule has 0 fully saturated rings. The Labute approximate surface area is 122 Å². The molecular formula is C13H11F3N4S. The zero-order chi connectivity index (χ0) is 15.0. The van der Waals surface area contributed by atoms with Crippen LogP contribution < -0.4 is 5.73 Å². The Kier molecular flexibility index (Phi) is 3.32. The summed E-state index contributed by atoms with van der Waals surface area (Å²) >= 11 is 1.26. The third-order valence-electron chi connectivity index (χ3n) is 2.98. The molecule has 1 aromatic carbocycles. The van der Waals surface area contributed by atoms with Gasteiger partial charge in [0.2, 0.25) is 0 Å². The van der Waals surface area contributed by atoms with Gasteiger partial charge in [0.1, 0.15) is 12.4 Å². The molecule has 0 spiro atoms. The number of hydrogen-bond acceptors (Lipinski definition) is 4. The van der Waals surface area contributed by atoms with Crippen LogP contribution in [0.2, 0.25) is 0 Å². The summed E-state index contributed by atoms with van der Waals surface area (Å²) in [6.45, 7) is -1.07. The Hall–Kier alpha value is -2.09. The van der Waals surface area contributed by atoms with Crippen molar-refractivity contribution in [3.63, 3.8) is 0 Å². The summed E-state index contributed by atoms with van der Waals surface area (Å²) in [6, 6.07) is 6.77. The fourth-order valence-corrected chi connectivity index (χ4v) is 2.74. The fraction of sp³-hybridized carbons (Fsp3) is 0.231. The van der Waals surface area contributed by atoms with Crippen molar-refractivity contribution >= 4 is 27.5 Å². The standard InChI is InChI=1S/C13H11F3N4S/c14-13(15,16)7-20-10-4-2-1-3-9(10)19-11(20)5-8-6-21-12(17)18-8/h1-4,6H,5,7H2,(H2,17,18). The first-order chi connectivity index (χ1) is 9.92. The number of benzene rings is 1. The van der Waals surface area contributed by atoms with Crippen LogP contribution in [0.25, 0.3) is 11.0 Å². The number of nitrogen functional groups attached to an aromatic ring is 1. The lowest BCUT2D eigenvalue weighted by atomic mass is 10.3. The highest BCUT2D eigenvalue weighted by atomic mass is 32.1. The molecular weight excluding hydrogens is 301 g/mol. The second-order valence-electron chi connectivity index (χ2n) is 4.57. The van der Waals surface area contributed by atoms with Gasteiger partial charge in [0.25, 0.3) is 0 Å². The largest absolute Gasteiger partial charge is 0.406 e. The molecule has 2 heterocycles. The maximum absolute atomic E-state index is 12.8. The third-order valence-corrected chi connectivity index (χ3v) is 3.70. The molecule has 21 heavy (non-hydrogen) atoms. The van der Waals surface area contributed by atoms with Crippen LogP contribution in [0.5, 0.6) is 0 Å². The van der Waals surface area contributed by atoms with Gasteiger partial charge in [0.05, 0.1) is 16.7 Å². The summed E-state index contributed by atoms with van der Waals surface area (Å²) in [5, 5.41) is 2.12. The molecule has 8 heteroatoms. The molecule has 0 amide bonds. The maximum Gasteiger partial charge on any atom is 0.406 e. The van der Waals surface area contributed by atoms with Gasteiger partial charge < -0.3 is 10.3 Å². The number of fused-ring (bicyclic) bond motifs is 1. The molecule has 0 aliphatic rings. The topological polar surface area (TPSA) is 56.7 Å². The van der Waals surface area contributed by atoms with Crippen LogP contribution in [0.15, 0.2) is 29.6 Å². The molecule has 3 aromatic rings. The van der Waals surface area contributed by atoms with Crippen molar-refractivity contribution in [1.82, 2.24) is 14.5 Å². The quantitative estimate of drug-likeness (QED) is 0.808. The van der Waals surface area contributed by atoms with Crippen LogP contribution in [-0.4, -0.2) is 20.7 Å². The summed E-state index contributed by atoms with van der Waals surface area (Å²) < 4.78 is 39.5. The molecule has 2 aromatic heterocycles. The van der Waals surface area contributed by atoms with Crippen molar-refractivity contribution in [1.29, 1.82) is 0 Å². The number of nitrogens with zero attached hydrogens (tertiary/aromatic N) is 3. The van der Waals surface area contributed by atoms with Crippen molar-refractivity contribution in [2.75, 3.05) is 5.73 Å². The van der Waals surface area contributed by atoms with E-state index in [1.165, 1.54) is 15.9 Å². The number of thiazole rings is 1. The Balaban J connectivity index is 2.05. The molecule has 110 valence electrons. The molecule has 3 rings (SSSR count). The lowest BCUT2D eigenvalue weighted by Crippen LogP contribution is -2.19. The van der Waals surface area contributed by atoms with E-state index in [9.17, 15) is 13.2 Å². The van der Waals surface area contributed by atoms with Crippen LogP contribution in [0, 0.1) is 0 Å². The van der Waals surface area contributed by atoms with Gasteiger partial charge in [0.15, 0.2) is 5.13 Å². The first kappa shape index (κ1) is 13.9. The molecule has 0 atom stereocenters. The smallest absolute Gasteiger partial charge is 0.375 e. The Morgan fingerprint density at radius 2 is 1.95 bits per heavy atom. The van der Waals surface area contributed by atoms with Gasteiger partial charge in [-0.2, -0.15) is 13.2 Å². The first-order valence-corrected chi connectivity index (χ1v) is 7.01. The summed E-state index contributed by atoms with van der Waals surface area (Å²) in [5.41, 5.74) is 7.18. The fourth-order valence-electron chi connectivity index (χ4n) is 2.18. The molecule has 2 N–H and O–H groups in total. The molecule has 0 aliphatic heterocycles. The second kappa shape index (κ2) is 5.03. The van der Waals surface area contributed by atoms with E-state index in [1.807, 2.05) is 0 Å². The van der Waals surface area contributed by atoms with Crippen molar-refractivity contribution in [3.8, 4) is 0 Å². The highest BCUT2D eigenvalue weighted by molar-refractivity contribution is 7.13. The zero-order valence-corrected chi connectivity index (χ0v) is 11.6. The Bertz CT molecular complexity index is 775. The van der Waals surface area contributed by atoms with Crippen molar-refractivity contribution in [2.45, 2.75) is 19.1 Å². The van der Waals surface area contributed by atoms with Gasteiger partial charge >= 0.3 is 6.18 Å². The maximum atomic E-state index is 12.8. The Morgan fingerprint density at radius 1 is 1.19 bits per heavy atom. The van der Waals surface area contributed by atoms with Crippen LogP contribution in [-0.2, 0) is 13.0 Å². The van der Waals surface area contributed by atoms with Gasteiger partial charge in [-0.25, -0.2) is 9.97 Å². The normalized spacial score (nSPS) is 12.1. The summed E-state index contributed by atoms with van der Waals surface area (Å²) in [6.07, 6.45) is -4.09. The number of halogens is 3. The molecule has 0 radical (unpaired) electrons. The van der Waals surface area contributed by atoms with E-state index in [0.29, 0.717) is 27.7 Å². The van der Waals surface area contributed by atoms with E-state index in [-0.39, 0.29) is 6.42 Å². The summed E-state index contributed by atoms with van der Waals surface area (Å²) in [7, 11) is 0. The number of nitrogens with two attached hydrogens (primary N) is 1. The lowest BCUT2D eigenvalue weighted by molar-refractivity contribution is -0.140. The number of alkyl halides is 3. The van der Waals surface area contributed by atoms with Crippen LogP contribution >= 0.6 is 11.3 Å². The predicted molar refractivity (Wildman–Crippen MR) is 75.1 cm³/mol. The van der Waals surface area contributed by atoms with E-state index in [1.54, 1.807) is 29.6 Å².